The second-order valence-corrected chi connectivity index (χ2v) is 6.41. The number of fused-ring (bicyclic) bond motifs is 1. The van der Waals surface area contributed by atoms with E-state index in [1.807, 2.05) is 53.2 Å². The number of carbonyl (C=O) groups is 1. The lowest BCUT2D eigenvalue weighted by Crippen LogP contribution is -2.43. The third-order valence-corrected chi connectivity index (χ3v) is 4.91. The van der Waals surface area contributed by atoms with Gasteiger partial charge in [-0.2, -0.15) is 0 Å². The van der Waals surface area contributed by atoms with Crippen molar-refractivity contribution in [3.8, 4) is 0 Å². The molecule has 0 spiro atoms. The van der Waals surface area contributed by atoms with Crippen molar-refractivity contribution in [2.45, 2.75) is 31.8 Å². The van der Waals surface area contributed by atoms with Crippen molar-refractivity contribution >= 4 is 16.9 Å². The van der Waals surface area contributed by atoms with E-state index >= 15 is 0 Å². The third-order valence-electron chi connectivity index (χ3n) is 4.91. The molecule has 24 heavy (non-hydrogen) atoms. The van der Waals surface area contributed by atoms with Crippen LogP contribution in [0.25, 0.3) is 11.0 Å². The Hall–Kier alpha value is -2.63. The number of aromatic nitrogens is 4. The maximum Gasteiger partial charge on any atom is 0.245 e. The Morgan fingerprint density at radius 1 is 1.29 bits per heavy atom. The lowest BCUT2D eigenvalue weighted by Gasteiger charge is -2.35. The predicted molar refractivity (Wildman–Crippen MR) is 91.5 cm³/mol. The number of likely N-dealkylation sites (tertiary alicyclic amines) is 1. The second-order valence-electron chi connectivity index (χ2n) is 6.41. The molecule has 0 radical (unpaired) electrons. The van der Waals surface area contributed by atoms with Crippen LogP contribution in [-0.2, 0) is 4.79 Å². The van der Waals surface area contributed by atoms with E-state index in [0.29, 0.717) is 6.04 Å². The average molecular weight is 323 g/mol. The van der Waals surface area contributed by atoms with E-state index in [2.05, 4.69) is 14.5 Å². The molecule has 0 saturated carbocycles. The summed E-state index contributed by atoms with van der Waals surface area (Å²) in [5.41, 5.74) is 1.92. The lowest BCUT2D eigenvalue weighted by atomic mass is 10.0. The van der Waals surface area contributed by atoms with Crippen molar-refractivity contribution in [1.82, 2.24) is 24.0 Å². The van der Waals surface area contributed by atoms with Gasteiger partial charge in [0.25, 0.3) is 0 Å². The third kappa shape index (κ3) is 2.58. The summed E-state index contributed by atoms with van der Waals surface area (Å²) in [5.74, 6) is 0.156. The highest BCUT2D eigenvalue weighted by Crippen LogP contribution is 2.25. The van der Waals surface area contributed by atoms with Gasteiger partial charge >= 0.3 is 0 Å². The SMILES string of the molecule is C[C@H](C(=O)N1CCC[C@H](n2ccnc2)C1)n1cnc2ccccc21. The van der Waals surface area contributed by atoms with Crippen molar-refractivity contribution in [2.75, 3.05) is 13.1 Å². The van der Waals surface area contributed by atoms with Crippen LogP contribution >= 0.6 is 0 Å². The molecule has 1 amide bonds. The van der Waals surface area contributed by atoms with E-state index < -0.39 is 0 Å². The second kappa shape index (κ2) is 6.11. The molecule has 1 fully saturated rings. The number of benzene rings is 1. The van der Waals surface area contributed by atoms with Gasteiger partial charge in [0.2, 0.25) is 5.91 Å². The molecule has 1 saturated heterocycles. The van der Waals surface area contributed by atoms with Gasteiger partial charge in [-0.1, -0.05) is 12.1 Å². The Bertz CT molecular complexity index is 838. The fourth-order valence-corrected chi connectivity index (χ4v) is 3.55. The Morgan fingerprint density at radius 2 is 2.17 bits per heavy atom. The van der Waals surface area contributed by atoms with Crippen LogP contribution in [-0.4, -0.2) is 43.0 Å². The molecule has 6 heteroatoms. The first-order valence-corrected chi connectivity index (χ1v) is 8.42. The maximum atomic E-state index is 13.0. The Balaban J connectivity index is 1.54. The summed E-state index contributed by atoms with van der Waals surface area (Å²) >= 11 is 0. The zero-order chi connectivity index (χ0) is 16.5. The number of piperidine rings is 1. The fraction of sp³-hybridized carbons (Fsp3) is 0.389. The monoisotopic (exact) mass is 323 g/mol. The molecule has 2 aromatic heterocycles. The summed E-state index contributed by atoms with van der Waals surface area (Å²) in [6, 6.07) is 7.99. The molecule has 4 rings (SSSR count). The molecule has 0 bridgehead atoms. The fourth-order valence-electron chi connectivity index (χ4n) is 3.55. The number of para-hydroxylation sites is 2. The normalized spacial score (nSPS) is 19.5. The number of hydrogen-bond acceptors (Lipinski definition) is 3. The molecule has 0 N–H and O–H groups in total. The molecule has 3 heterocycles. The van der Waals surface area contributed by atoms with Gasteiger partial charge in [-0.05, 0) is 31.9 Å². The zero-order valence-electron chi connectivity index (χ0n) is 13.7. The highest BCUT2D eigenvalue weighted by molar-refractivity contribution is 5.83. The first-order valence-electron chi connectivity index (χ1n) is 8.42. The number of amides is 1. The summed E-state index contributed by atoms with van der Waals surface area (Å²) < 4.78 is 4.08. The summed E-state index contributed by atoms with van der Waals surface area (Å²) in [7, 11) is 0. The van der Waals surface area contributed by atoms with Gasteiger partial charge in [0, 0.05) is 25.5 Å². The van der Waals surface area contributed by atoms with Crippen LogP contribution < -0.4 is 0 Å². The average Bonchev–Trinajstić information content (AvgIpc) is 3.30. The van der Waals surface area contributed by atoms with Crippen LogP contribution in [0, 0.1) is 0 Å². The molecule has 1 aliphatic rings. The van der Waals surface area contributed by atoms with Crippen LogP contribution in [0.15, 0.2) is 49.3 Å². The van der Waals surface area contributed by atoms with Gasteiger partial charge in [0.05, 0.1) is 29.7 Å². The molecule has 2 atom stereocenters. The zero-order valence-corrected chi connectivity index (χ0v) is 13.7. The van der Waals surface area contributed by atoms with Crippen LogP contribution in [0.3, 0.4) is 0 Å². The predicted octanol–water partition coefficient (Wildman–Crippen LogP) is 2.66. The van der Waals surface area contributed by atoms with Gasteiger partial charge in [-0.3, -0.25) is 4.79 Å². The Morgan fingerprint density at radius 3 is 3.00 bits per heavy atom. The number of imidazole rings is 2. The van der Waals surface area contributed by atoms with Crippen molar-refractivity contribution in [1.29, 1.82) is 0 Å². The molecule has 1 aliphatic heterocycles. The van der Waals surface area contributed by atoms with Crippen molar-refractivity contribution < 1.29 is 4.79 Å². The van der Waals surface area contributed by atoms with E-state index in [9.17, 15) is 4.79 Å². The molecular weight excluding hydrogens is 302 g/mol. The first kappa shape index (κ1) is 14.9. The van der Waals surface area contributed by atoms with Crippen molar-refractivity contribution in [3.63, 3.8) is 0 Å². The highest BCUT2D eigenvalue weighted by atomic mass is 16.2. The lowest BCUT2D eigenvalue weighted by molar-refractivity contribution is -0.135. The summed E-state index contributed by atoms with van der Waals surface area (Å²) in [6.45, 7) is 3.52. The van der Waals surface area contributed by atoms with Crippen LogP contribution in [0.1, 0.15) is 31.8 Å². The van der Waals surface area contributed by atoms with Gasteiger partial charge in [0.15, 0.2) is 0 Å². The van der Waals surface area contributed by atoms with E-state index in [1.165, 1.54) is 0 Å². The molecule has 1 aromatic carbocycles. The first-order chi connectivity index (χ1) is 11.7. The largest absolute Gasteiger partial charge is 0.339 e. The number of nitrogens with zero attached hydrogens (tertiary/aromatic N) is 5. The summed E-state index contributed by atoms with van der Waals surface area (Å²) in [4.78, 5) is 23.5. The molecule has 124 valence electrons. The highest BCUT2D eigenvalue weighted by Gasteiger charge is 2.28. The number of carbonyl (C=O) groups excluding carboxylic acids is 1. The number of rotatable bonds is 3. The quantitative estimate of drug-likeness (QED) is 0.744. The summed E-state index contributed by atoms with van der Waals surface area (Å²) in [5, 5.41) is 0. The summed E-state index contributed by atoms with van der Waals surface area (Å²) in [6.07, 6.45) is 9.48. The van der Waals surface area contributed by atoms with Gasteiger partial charge in [-0.25, -0.2) is 9.97 Å². The molecule has 6 nitrogen and oxygen atoms in total. The molecular formula is C18H21N5O. The molecule has 0 aliphatic carbocycles. The minimum atomic E-state index is -0.251. The van der Waals surface area contributed by atoms with Crippen molar-refractivity contribution in [3.05, 3.63) is 49.3 Å². The topological polar surface area (TPSA) is 56.0 Å². The van der Waals surface area contributed by atoms with Crippen LogP contribution in [0.4, 0.5) is 0 Å². The van der Waals surface area contributed by atoms with E-state index in [0.717, 1.165) is 37.0 Å². The Labute approximate surface area is 140 Å². The maximum absolute atomic E-state index is 13.0. The van der Waals surface area contributed by atoms with Gasteiger partial charge in [-0.15, -0.1) is 0 Å². The molecule has 3 aromatic rings. The van der Waals surface area contributed by atoms with Crippen molar-refractivity contribution in [2.24, 2.45) is 0 Å². The van der Waals surface area contributed by atoms with Crippen LogP contribution in [0.2, 0.25) is 0 Å². The number of hydrogen-bond donors (Lipinski definition) is 0. The molecule has 0 unspecified atom stereocenters. The minimum absolute atomic E-state index is 0.156. The smallest absolute Gasteiger partial charge is 0.245 e. The van der Waals surface area contributed by atoms with Gasteiger partial charge < -0.3 is 14.0 Å². The van der Waals surface area contributed by atoms with Crippen LogP contribution in [0.5, 0.6) is 0 Å². The standard InChI is InChI=1S/C18H21N5O/c1-14(23-13-20-16-6-2-3-7-17(16)23)18(24)21-9-4-5-15(11-21)22-10-8-19-12-22/h2-3,6-8,10,12-15H,4-5,9,11H2,1H3/t14-,15+/m1/s1. The van der Waals surface area contributed by atoms with E-state index in [4.69, 9.17) is 0 Å². The van der Waals surface area contributed by atoms with Gasteiger partial charge in [0.1, 0.15) is 6.04 Å². The van der Waals surface area contributed by atoms with E-state index in [1.54, 1.807) is 12.5 Å². The minimum Gasteiger partial charge on any atom is -0.339 e. The Kier molecular flexibility index (Phi) is 3.80. The van der Waals surface area contributed by atoms with E-state index in [-0.39, 0.29) is 11.9 Å².